The summed E-state index contributed by atoms with van der Waals surface area (Å²) in [6.07, 6.45) is 0.609. The first-order chi connectivity index (χ1) is 13.7. The maximum absolute atomic E-state index is 12.7. The molecule has 0 radical (unpaired) electrons. The smallest absolute Gasteiger partial charge is 0.340 e. The molecule has 0 bridgehead atoms. The average Bonchev–Trinajstić information content (AvgIpc) is 3.01. The van der Waals surface area contributed by atoms with Crippen LogP contribution in [-0.2, 0) is 15.1 Å². The fraction of sp³-hybridized carbons (Fsp3) is 0.0909. The number of ether oxygens (including phenoxy) is 2. The van der Waals surface area contributed by atoms with Crippen LogP contribution in [0.1, 0.15) is 27.0 Å². The van der Waals surface area contributed by atoms with E-state index in [9.17, 15) is 9.59 Å². The number of hydrogen-bond donors (Lipinski definition) is 2. The van der Waals surface area contributed by atoms with E-state index in [1.165, 1.54) is 0 Å². The zero-order valence-corrected chi connectivity index (χ0v) is 15.0. The normalized spacial score (nSPS) is 18.4. The van der Waals surface area contributed by atoms with Crippen molar-refractivity contribution in [3.05, 3.63) is 82.9 Å². The van der Waals surface area contributed by atoms with Crippen LogP contribution in [0.15, 0.2) is 60.7 Å². The van der Waals surface area contributed by atoms with Crippen LogP contribution in [0.4, 0.5) is 11.4 Å². The number of amides is 1. The van der Waals surface area contributed by atoms with Crippen molar-refractivity contribution in [1.29, 1.82) is 0 Å². The Morgan fingerprint density at radius 3 is 2.29 bits per heavy atom. The summed E-state index contributed by atoms with van der Waals surface area (Å²) in [6, 6.07) is 18.4. The zero-order chi connectivity index (χ0) is 19.3. The Balaban J connectivity index is 1.83. The molecule has 0 saturated carbocycles. The van der Waals surface area contributed by atoms with Gasteiger partial charge in [0.15, 0.2) is 5.60 Å². The molecule has 3 aromatic carbocycles. The molecule has 138 valence electrons. The molecule has 0 fully saturated rings. The zero-order valence-electron chi connectivity index (χ0n) is 15.0. The van der Waals surface area contributed by atoms with Gasteiger partial charge in [0.2, 0.25) is 6.41 Å². The molecule has 2 aliphatic heterocycles. The Morgan fingerprint density at radius 2 is 1.57 bits per heavy atom. The SMILES string of the molecule is CNc1ccc2c(c1)Oc1cc(NC=O)ccc1C21OC(=O)c2ccccc21. The number of nitrogens with one attached hydrogen (secondary N) is 2. The number of rotatable bonds is 3. The van der Waals surface area contributed by atoms with Crippen molar-refractivity contribution in [3.63, 3.8) is 0 Å². The Kier molecular flexibility index (Phi) is 3.42. The summed E-state index contributed by atoms with van der Waals surface area (Å²) in [5.74, 6) is 0.742. The molecular formula is C22H16N2O4. The molecule has 2 heterocycles. The predicted octanol–water partition coefficient (Wildman–Crippen LogP) is 3.86. The summed E-state index contributed by atoms with van der Waals surface area (Å²) in [5.41, 5.74) is 3.16. The van der Waals surface area contributed by atoms with Crippen LogP contribution >= 0.6 is 0 Å². The molecular weight excluding hydrogens is 356 g/mol. The van der Waals surface area contributed by atoms with Crippen LogP contribution in [0.3, 0.4) is 0 Å². The van der Waals surface area contributed by atoms with Gasteiger partial charge in [-0.1, -0.05) is 18.2 Å². The third-order valence-electron chi connectivity index (χ3n) is 5.23. The lowest BCUT2D eigenvalue weighted by molar-refractivity contribution is -0.105. The molecule has 5 rings (SSSR count). The van der Waals surface area contributed by atoms with Gasteiger partial charge in [-0.15, -0.1) is 0 Å². The van der Waals surface area contributed by atoms with Crippen molar-refractivity contribution in [2.75, 3.05) is 17.7 Å². The van der Waals surface area contributed by atoms with E-state index in [0.29, 0.717) is 34.7 Å². The number of benzene rings is 3. The average molecular weight is 372 g/mol. The molecule has 6 nitrogen and oxygen atoms in total. The van der Waals surface area contributed by atoms with Crippen LogP contribution in [0, 0.1) is 0 Å². The van der Waals surface area contributed by atoms with Crippen LogP contribution in [0.5, 0.6) is 11.5 Å². The Hall–Kier alpha value is -3.80. The van der Waals surface area contributed by atoms with Crippen molar-refractivity contribution in [3.8, 4) is 11.5 Å². The second kappa shape index (κ2) is 5.85. The molecule has 0 saturated heterocycles. The van der Waals surface area contributed by atoms with Crippen LogP contribution < -0.4 is 15.4 Å². The van der Waals surface area contributed by atoms with E-state index in [-0.39, 0.29) is 5.97 Å². The molecule has 1 unspecified atom stereocenters. The van der Waals surface area contributed by atoms with Gasteiger partial charge in [-0.05, 0) is 30.3 Å². The van der Waals surface area contributed by atoms with Crippen molar-refractivity contribution in [2.45, 2.75) is 5.60 Å². The summed E-state index contributed by atoms with van der Waals surface area (Å²) in [4.78, 5) is 23.6. The van der Waals surface area contributed by atoms with Crippen molar-refractivity contribution >= 4 is 23.8 Å². The van der Waals surface area contributed by atoms with Gasteiger partial charge >= 0.3 is 5.97 Å². The van der Waals surface area contributed by atoms with E-state index in [1.54, 1.807) is 18.2 Å². The summed E-state index contributed by atoms with van der Waals surface area (Å²) in [7, 11) is 1.82. The van der Waals surface area contributed by atoms with E-state index >= 15 is 0 Å². The maximum Gasteiger partial charge on any atom is 0.340 e. The molecule has 0 aromatic heterocycles. The minimum atomic E-state index is -1.09. The molecule has 6 heteroatoms. The second-order valence-electron chi connectivity index (χ2n) is 6.65. The fourth-order valence-corrected chi connectivity index (χ4v) is 3.99. The molecule has 0 aliphatic carbocycles. The number of esters is 1. The topological polar surface area (TPSA) is 76.7 Å². The molecule has 28 heavy (non-hydrogen) atoms. The minimum absolute atomic E-state index is 0.373. The lowest BCUT2D eigenvalue weighted by Gasteiger charge is -2.36. The Labute approximate surface area is 161 Å². The predicted molar refractivity (Wildman–Crippen MR) is 104 cm³/mol. The summed E-state index contributed by atoms with van der Waals surface area (Å²) in [6.45, 7) is 0. The second-order valence-corrected chi connectivity index (χ2v) is 6.65. The van der Waals surface area contributed by atoms with E-state index in [0.717, 1.165) is 16.8 Å². The highest BCUT2D eigenvalue weighted by Gasteiger charge is 2.53. The number of fused-ring (bicyclic) bond motifs is 6. The highest BCUT2D eigenvalue weighted by Crippen LogP contribution is 2.56. The van der Waals surface area contributed by atoms with E-state index in [2.05, 4.69) is 10.6 Å². The van der Waals surface area contributed by atoms with Gasteiger partial charge in [0.25, 0.3) is 0 Å². The van der Waals surface area contributed by atoms with Crippen molar-refractivity contribution in [1.82, 2.24) is 0 Å². The first-order valence-electron chi connectivity index (χ1n) is 8.85. The van der Waals surface area contributed by atoms with E-state index < -0.39 is 5.60 Å². The van der Waals surface area contributed by atoms with Gasteiger partial charge < -0.3 is 20.1 Å². The number of carbonyl (C=O) groups excluding carboxylic acids is 2. The lowest BCUT2D eigenvalue weighted by atomic mass is 9.77. The van der Waals surface area contributed by atoms with Crippen LogP contribution in [0.2, 0.25) is 0 Å². The Morgan fingerprint density at radius 1 is 0.893 bits per heavy atom. The highest BCUT2D eigenvalue weighted by molar-refractivity contribution is 5.97. The molecule has 3 aromatic rings. The molecule has 1 spiro atoms. The van der Waals surface area contributed by atoms with Gasteiger partial charge in [0.05, 0.1) is 5.56 Å². The van der Waals surface area contributed by atoms with Gasteiger partial charge in [0, 0.05) is 47.2 Å². The number of hydrogen-bond acceptors (Lipinski definition) is 5. The molecule has 2 N–H and O–H groups in total. The molecule has 1 atom stereocenters. The van der Waals surface area contributed by atoms with Crippen LogP contribution in [0.25, 0.3) is 0 Å². The lowest BCUT2D eigenvalue weighted by Crippen LogP contribution is -2.33. The van der Waals surface area contributed by atoms with Crippen molar-refractivity contribution in [2.24, 2.45) is 0 Å². The van der Waals surface area contributed by atoms with E-state index in [4.69, 9.17) is 9.47 Å². The quantitative estimate of drug-likeness (QED) is 0.539. The number of carbonyl (C=O) groups is 2. The van der Waals surface area contributed by atoms with Gasteiger partial charge in [-0.2, -0.15) is 0 Å². The monoisotopic (exact) mass is 372 g/mol. The maximum atomic E-state index is 12.7. The summed E-state index contributed by atoms with van der Waals surface area (Å²) >= 11 is 0. The van der Waals surface area contributed by atoms with Crippen LogP contribution in [-0.4, -0.2) is 19.4 Å². The minimum Gasteiger partial charge on any atom is -0.456 e. The fourth-order valence-electron chi connectivity index (χ4n) is 3.99. The molecule has 1 amide bonds. The Bertz CT molecular complexity index is 1140. The molecule has 2 aliphatic rings. The standard InChI is InChI=1S/C22H16N2O4/c1-23-13-6-8-17-19(10-13)27-20-11-14(24-12-25)7-9-18(20)22(17)16-5-3-2-4-15(16)21(26)28-22/h2-12,23H,1H3,(H,24,25). The first-order valence-corrected chi connectivity index (χ1v) is 8.85. The summed E-state index contributed by atoms with van der Waals surface area (Å²) < 4.78 is 12.2. The first kappa shape index (κ1) is 16.4. The van der Waals surface area contributed by atoms with E-state index in [1.807, 2.05) is 49.5 Å². The summed E-state index contributed by atoms with van der Waals surface area (Å²) in [5, 5.41) is 5.72. The largest absolute Gasteiger partial charge is 0.456 e. The van der Waals surface area contributed by atoms with Crippen molar-refractivity contribution < 1.29 is 19.1 Å². The number of anilines is 2. The van der Waals surface area contributed by atoms with Gasteiger partial charge in [-0.25, -0.2) is 4.79 Å². The van der Waals surface area contributed by atoms with Gasteiger partial charge in [-0.3, -0.25) is 4.79 Å². The van der Waals surface area contributed by atoms with Gasteiger partial charge in [0.1, 0.15) is 11.5 Å². The highest BCUT2D eigenvalue weighted by atomic mass is 16.6. The third-order valence-corrected chi connectivity index (χ3v) is 5.23. The third kappa shape index (κ3) is 2.08.